The van der Waals surface area contributed by atoms with E-state index in [1.54, 1.807) is 0 Å². The number of nitrogens with one attached hydrogen (secondary N) is 1. The van der Waals surface area contributed by atoms with Gasteiger partial charge in [-0.05, 0) is 51.6 Å². The molecule has 0 amide bonds. The molecule has 17 heavy (non-hydrogen) atoms. The maximum absolute atomic E-state index is 10.3. The largest absolute Gasteiger partial charge is 0.389 e. The summed E-state index contributed by atoms with van der Waals surface area (Å²) in [5.41, 5.74) is -0.382. The second kappa shape index (κ2) is 4.87. The minimum atomic E-state index is -0.382. The summed E-state index contributed by atoms with van der Waals surface area (Å²) < 4.78 is 0. The zero-order chi connectivity index (χ0) is 11.7. The summed E-state index contributed by atoms with van der Waals surface area (Å²) in [5.74, 6) is 0. The van der Waals surface area contributed by atoms with Gasteiger partial charge in [0.1, 0.15) is 0 Å². The normalized spacial score (nSPS) is 37.2. The van der Waals surface area contributed by atoms with E-state index in [0.717, 1.165) is 25.4 Å². The lowest BCUT2D eigenvalue weighted by Gasteiger charge is -2.36. The molecule has 0 aromatic carbocycles. The van der Waals surface area contributed by atoms with Crippen molar-refractivity contribution < 1.29 is 5.11 Å². The van der Waals surface area contributed by atoms with Crippen molar-refractivity contribution in [3.05, 3.63) is 0 Å². The lowest BCUT2D eigenvalue weighted by atomic mass is 9.96. The highest BCUT2D eigenvalue weighted by atomic mass is 16.3. The van der Waals surface area contributed by atoms with Crippen LogP contribution in [0.5, 0.6) is 0 Å². The number of hydrogen-bond acceptors (Lipinski definition) is 3. The average molecular weight is 238 g/mol. The van der Waals surface area contributed by atoms with Crippen LogP contribution in [0.4, 0.5) is 0 Å². The highest BCUT2D eigenvalue weighted by molar-refractivity contribution is 4.92. The highest BCUT2D eigenvalue weighted by Crippen LogP contribution is 2.30. The fraction of sp³-hybridized carbons (Fsp3) is 1.00. The number of rotatable bonds is 3. The first kappa shape index (κ1) is 11.9. The van der Waals surface area contributed by atoms with Crippen molar-refractivity contribution in [1.29, 1.82) is 0 Å². The summed E-state index contributed by atoms with van der Waals surface area (Å²) in [7, 11) is 0. The quantitative estimate of drug-likeness (QED) is 0.782. The van der Waals surface area contributed by atoms with Crippen molar-refractivity contribution in [2.24, 2.45) is 0 Å². The van der Waals surface area contributed by atoms with Gasteiger partial charge in [0.05, 0.1) is 5.60 Å². The van der Waals surface area contributed by atoms with Crippen molar-refractivity contribution in [2.75, 3.05) is 19.6 Å². The molecule has 3 fully saturated rings. The van der Waals surface area contributed by atoms with Crippen LogP contribution in [0.2, 0.25) is 0 Å². The molecule has 98 valence electrons. The number of fused-ring (bicyclic) bond motifs is 1. The van der Waals surface area contributed by atoms with Crippen LogP contribution in [0.15, 0.2) is 0 Å². The first-order chi connectivity index (χ1) is 8.25. The lowest BCUT2D eigenvalue weighted by Crippen LogP contribution is -2.49. The third-order valence-corrected chi connectivity index (χ3v) is 5.07. The topological polar surface area (TPSA) is 35.5 Å². The molecular formula is C14H26N2O. The Morgan fingerprint density at radius 1 is 1.12 bits per heavy atom. The van der Waals surface area contributed by atoms with E-state index < -0.39 is 0 Å². The van der Waals surface area contributed by atoms with Gasteiger partial charge in [0, 0.05) is 18.6 Å². The minimum absolute atomic E-state index is 0.382. The van der Waals surface area contributed by atoms with E-state index in [9.17, 15) is 5.11 Å². The molecule has 1 aliphatic carbocycles. The van der Waals surface area contributed by atoms with Gasteiger partial charge >= 0.3 is 0 Å². The monoisotopic (exact) mass is 238 g/mol. The predicted molar refractivity (Wildman–Crippen MR) is 69.0 cm³/mol. The van der Waals surface area contributed by atoms with Gasteiger partial charge in [-0.1, -0.05) is 12.8 Å². The number of hydrogen-bond donors (Lipinski definition) is 2. The molecule has 2 atom stereocenters. The van der Waals surface area contributed by atoms with E-state index in [-0.39, 0.29) is 5.60 Å². The number of aliphatic hydroxyl groups is 1. The number of piperidine rings is 1. The third-order valence-electron chi connectivity index (χ3n) is 5.07. The molecule has 0 spiro atoms. The van der Waals surface area contributed by atoms with E-state index in [0.29, 0.717) is 6.04 Å². The zero-order valence-corrected chi connectivity index (χ0v) is 10.8. The van der Waals surface area contributed by atoms with Crippen LogP contribution in [0, 0.1) is 0 Å². The first-order valence-corrected chi connectivity index (χ1v) is 7.45. The van der Waals surface area contributed by atoms with Crippen molar-refractivity contribution in [3.63, 3.8) is 0 Å². The smallest absolute Gasteiger partial charge is 0.0771 e. The zero-order valence-electron chi connectivity index (χ0n) is 10.8. The Bertz CT molecular complexity index is 263. The van der Waals surface area contributed by atoms with Crippen LogP contribution in [0.3, 0.4) is 0 Å². The van der Waals surface area contributed by atoms with Crippen molar-refractivity contribution in [3.8, 4) is 0 Å². The van der Waals surface area contributed by atoms with E-state index in [1.165, 1.54) is 51.6 Å². The Balaban J connectivity index is 1.46. The molecule has 0 radical (unpaired) electrons. The molecule has 0 aromatic rings. The van der Waals surface area contributed by atoms with Gasteiger partial charge in [0.2, 0.25) is 0 Å². The van der Waals surface area contributed by atoms with Gasteiger partial charge in [0.15, 0.2) is 0 Å². The van der Waals surface area contributed by atoms with Crippen LogP contribution < -0.4 is 5.32 Å². The summed E-state index contributed by atoms with van der Waals surface area (Å²) in [6.45, 7) is 3.41. The average Bonchev–Trinajstić information content (AvgIpc) is 2.95. The summed E-state index contributed by atoms with van der Waals surface area (Å²) in [6.07, 6.45) is 9.77. The molecule has 1 saturated carbocycles. The Morgan fingerprint density at radius 3 is 2.76 bits per heavy atom. The Hall–Kier alpha value is -0.120. The standard InChI is InChI=1S/C14H26N2O/c17-14(6-1-2-7-14)11-15-12-5-9-16-8-3-4-13(16)10-12/h12-13,15,17H,1-11H2. The molecule has 2 saturated heterocycles. The maximum atomic E-state index is 10.3. The Morgan fingerprint density at radius 2 is 1.94 bits per heavy atom. The minimum Gasteiger partial charge on any atom is -0.389 e. The van der Waals surface area contributed by atoms with E-state index in [1.807, 2.05) is 0 Å². The first-order valence-electron chi connectivity index (χ1n) is 7.45. The maximum Gasteiger partial charge on any atom is 0.0771 e. The van der Waals surface area contributed by atoms with Crippen LogP contribution in [0.1, 0.15) is 51.4 Å². The summed E-state index contributed by atoms with van der Waals surface area (Å²) in [6, 6.07) is 1.48. The van der Waals surface area contributed by atoms with Gasteiger partial charge in [-0.3, -0.25) is 0 Å². The van der Waals surface area contributed by atoms with Gasteiger partial charge in [0.25, 0.3) is 0 Å². The summed E-state index contributed by atoms with van der Waals surface area (Å²) in [4.78, 5) is 2.66. The Labute approximate surface area is 105 Å². The number of nitrogens with zero attached hydrogens (tertiary/aromatic N) is 1. The van der Waals surface area contributed by atoms with Crippen molar-refractivity contribution in [1.82, 2.24) is 10.2 Å². The molecule has 2 heterocycles. The molecule has 2 N–H and O–H groups in total. The van der Waals surface area contributed by atoms with Gasteiger partial charge < -0.3 is 15.3 Å². The third kappa shape index (κ3) is 2.67. The van der Waals surface area contributed by atoms with Gasteiger partial charge in [-0.25, -0.2) is 0 Å². The second-order valence-electron chi connectivity index (χ2n) is 6.37. The molecule has 0 aromatic heterocycles. The molecule has 2 aliphatic heterocycles. The molecule has 3 rings (SSSR count). The van der Waals surface area contributed by atoms with Crippen molar-refractivity contribution >= 4 is 0 Å². The Kier molecular flexibility index (Phi) is 3.42. The van der Waals surface area contributed by atoms with Crippen LogP contribution in [0.25, 0.3) is 0 Å². The summed E-state index contributed by atoms with van der Waals surface area (Å²) >= 11 is 0. The SMILES string of the molecule is OC1(CNC2CCN3CCCC3C2)CCCC1. The molecule has 0 bridgehead atoms. The van der Waals surface area contributed by atoms with E-state index in [4.69, 9.17) is 0 Å². The van der Waals surface area contributed by atoms with E-state index in [2.05, 4.69) is 10.2 Å². The van der Waals surface area contributed by atoms with Gasteiger partial charge in [-0.15, -0.1) is 0 Å². The van der Waals surface area contributed by atoms with Crippen LogP contribution >= 0.6 is 0 Å². The van der Waals surface area contributed by atoms with Gasteiger partial charge in [-0.2, -0.15) is 0 Å². The molecule has 3 nitrogen and oxygen atoms in total. The summed E-state index contributed by atoms with van der Waals surface area (Å²) in [5, 5.41) is 14.0. The fourth-order valence-corrected chi connectivity index (χ4v) is 3.95. The molecule has 3 aliphatic rings. The molecule has 3 heteroatoms. The van der Waals surface area contributed by atoms with Crippen LogP contribution in [-0.2, 0) is 0 Å². The predicted octanol–water partition coefficient (Wildman–Crippen LogP) is 1.51. The van der Waals surface area contributed by atoms with Crippen molar-refractivity contribution in [2.45, 2.75) is 69.1 Å². The highest BCUT2D eigenvalue weighted by Gasteiger charge is 2.34. The molecular weight excluding hydrogens is 212 g/mol. The van der Waals surface area contributed by atoms with Crippen LogP contribution in [-0.4, -0.2) is 47.3 Å². The molecule has 2 unspecified atom stereocenters. The fourth-order valence-electron chi connectivity index (χ4n) is 3.95. The van der Waals surface area contributed by atoms with E-state index >= 15 is 0 Å². The lowest BCUT2D eigenvalue weighted by molar-refractivity contribution is 0.0402. The second-order valence-corrected chi connectivity index (χ2v) is 6.37.